The number of nitrogens with one attached hydrogen (secondary N) is 1. The normalized spacial score (nSPS) is 15.8. The molecule has 25 heavy (non-hydrogen) atoms. The molecule has 0 spiro atoms. The summed E-state index contributed by atoms with van der Waals surface area (Å²) in [5, 5.41) is 4.86. The molecule has 1 N–H and O–H groups in total. The van der Waals surface area contributed by atoms with Crippen molar-refractivity contribution >= 4 is 17.2 Å². The summed E-state index contributed by atoms with van der Waals surface area (Å²) in [6.07, 6.45) is 1.50. The third-order valence-corrected chi connectivity index (χ3v) is 4.95. The number of carbonyl (C=O) groups excluding carboxylic acids is 1. The van der Waals surface area contributed by atoms with Gasteiger partial charge in [-0.2, -0.15) is 0 Å². The largest absolute Gasteiger partial charge is 0.573 e. The maximum Gasteiger partial charge on any atom is 0.573 e. The van der Waals surface area contributed by atoms with E-state index in [1.807, 2.05) is 5.38 Å². The summed E-state index contributed by atoms with van der Waals surface area (Å²) < 4.78 is 40.4. The molecule has 0 bridgehead atoms. The molecule has 1 aliphatic rings. The molecule has 1 aliphatic carbocycles. The van der Waals surface area contributed by atoms with E-state index in [4.69, 9.17) is 0 Å². The predicted octanol–water partition coefficient (Wildman–Crippen LogP) is 5.19. The van der Waals surface area contributed by atoms with Crippen LogP contribution in [0.25, 0.3) is 11.1 Å². The maximum absolute atomic E-state index is 12.3. The summed E-state index contributed by atoms with van der Waals surface area (Å²) >= 11 is 1.32. The second-order valence-electron chi connectivity index (χ2n) is 5.89. The number of hydrogen-bond acceptors (Lipinski definition) is 3. The Kier molecular flexibility index (Phi) is 5.32. The van der Waals surface area contributed by atoms with Crippen LogP contribution in [0, 0.1) is 6.42 Å². The minimum Gasteiger partial charge on any atom is -0.406 e. The van der Waals surface area contributed by atoms with Gasteiger partial charge in [-0.1, -0.05) is 12.1 Å². The van der Waals surface area contributed by atoms with E-state index in [1.54, 1.807) is 18.2 Å². The van der Waals surface area contributed by atoms with Gasteiger partial charge in [0.1, 0.15) is 5.75 Å². The van der Waals surface area contributed by atoms with Crippen LogP contribution in [0.5, 0.6) is 5.75 Å². The highest BCUT2D eigenvalue weighted by molar-refractivity contribution is 7.12. The van der Waals surface area contributed by atoms with E-state index >= 15 is 0 Å². The first kappa shape index (κ1) is 17.8. The number of carbonyl (C=O) groups is 1. The smallest absolute Gasteiger partial charge is 0.406 e. The molecule has 2 aromatic rings. The van der Waals surface area contributed by atoms with Crippen LogP contribution in [-0.4, -0.2) is 18.3 Å². The van der Waals surface area contributed by atoms with Crippen molar-refractivity contribution in [2.24, 2.45) is 0 Å². The summed E-state index contributed by atoms with van der Waals surface area (Å²) in [5.41, 5.74) is 1.53. The Hall–Kier alpha value is -2.02. The number of thiophene rings is 1. The molecule has 7 heteroatoms. The van der Waals surface area contributed by atoms with Gasteiger partial charge in [-0.05, 0) is 66.8 Å². The Balaban J connectivity index is 1.65. The number of rotatable bonds is 4. The molecule has 1 aromatic heterocycles. The second-order valence-corrected chi connectivity index (χ2v) is 6.80. The Morgan fingerprint density at radius 3 is 2.44 bits per heavy atom. The molecule has 3 nitrogen and oxygen atoms in total. The van der Waals surface area contributed by atoms with Crippen molar-refractivity contribution in [2.75, 3.05) is 0 Å². The van der Waals surface area contributed by atoms with Crippen LogP contribution >= 0.6 is 11.3 Å². The lowest BCUT2D eigenvalue weighted by Gasteiger charge is -2.22. The van der Waals surface area contributed by atoms with E-state index in [2.05, 4.69) is 16.5 Å². The average Bonchev–Trinajstić information content (AvgIpc) is 3.05. The molecule has 0 saturated heterocycles. The lowest BCUT2D eigenvalue weighted by molar-refractivity contribution is -0.274. The van der Waals surface area contributed by atoms with Crippen LogP contribution < -0.4 is 10.1 Å². The van der Waals surface area contributed by atoms with Gasteiger partial charge in [-0.15, -0.1) is 24.5 Å². The summed E-state index contributed by atoms with van der Waals surface area (Å²) in [7, 11) is 0. The second kappa shape index (κ2) is 7.47. The fourth-order valence-electron chi connectivity index (χ4n) is 2.78. The topological polar surface area (TPSA) is 38.3 Å². The highest BCUT2D eigenvalue weighted by Gasteiger charge is 2.31. The third-order valence-electron chi connectivity index (χ3n) is 4.02. The molecule has 133 valence electrons. The number of hydrogen-bond donors (Lipinski definition) is 1. The first-order valence-electron chi connectivity index (χ1n) is 7.98. The number of alkyl halides is 3. The van der Waals surface area contributed by atoms with Crippen LogP contribution in [0.15, 0.2) is 35.7 Å². The summed E-state index contributed by atoms with van der Waals surface area (Å²) in [4.78, 5) is 12.9. The molecule has 1 fully saturated rings. The van der Waals surface area contributed by atoms with Crippen molar-refractivity contribution in [2.45, 2.75) is 38.1 Å². The van der Waals surface area contributed by atoms with Crippen LogP contribution in [0.1, 0.15) is 35.4 Å². The highest BCUT2D eigenvalue weighted by Crippen LogP contribution is 2.29. The molecular formula is C18H17F3NO2S. The Morgan fingerprint density at radius 2 is 1.80 bits per heavy atom. The van der Waals surface area contributed by atoms with Crippen LogP contribution in [-0.2, 0) is 0 Å². The summed E-state index contributed by atoms with van der Waals surface area (Å²) in [6.45, 7) is 0. The van der Waals surface area contributed by atoms with E-state index in [0.717, 1.165) is 36.8 Å². The Bertz CT molecular complexity index is 719. The quantitative estimate of drug-likeness (QED) is 0.806. The monoisotopic (exact) mass is 368 g/mol. The average molecular weight is 368 g/mol. The van der Waals surface area contributed by atoms with Gasteiger partial charge in [-0.25, -0.2) is 0 Å². The van der Waals surface area contributed by atoms with Crippen molar-refractivity contribution in [3.8, 4) is 16.9 Å². The Morgan fingerprint density at radius 1 is 1.12 bits per heavy atom. The van der Waals surface area contributed by atoms with Gasteiger partial charge in [0.05, 0.1) is 4.88 Å². The highest BCUT2D eigenvalue weighted by atomic mass is 32.1. The number of ether oxygens (including phenoxy) is 1. The standard InChI is InChI=1S/C18H17F3NO2S/c19-18(20,21)24-15-8-6-12(7-9-15)13-10-16(25-11-13)17(23)22-14-4-2-1-3-5-14/h1,6-11,14H,2-5H2,(H,22,23). The molecule has 0 aliphatic heterocycles. The Labute approximate surface area is 147 Å². The zero-order valence-electron chi connectivity index (χ0n) is 13.3. The zero-order valence-corrected chi connectivity index (χ0v) is 14.1. The van der Waals surface area contributed by atoms with Crippen molar-refractivity contribution in [3.05, 3.63) is 47.0 Å². The SMILES string of the molecule is O=C(NC1CC[CH]CC1)c1cc(-c2ccc(OC(F)(F)F)cc2)cs1. The molecule has 1 heterocycles. The van der Waals surface area contributed by atoms with Gasteiger partial charge in [0.25, 0.3) is 5.91 Å². The van der Waals surface area contributed by atoms with E-state index in [-0.39, 0.29) is 17.7 Å². The molecule has 0 unspecified atom stereocenters. The van der Waals surface area contributed by atoms with Crippen molar-refractivity contribution < 1.29 is 22.7 Å². The van der Waals surface area contributed by atoms with Crippen LogP contribution in [0.4, 0.5) is 13.2 Å². The van der Waals surface area contributed by atoms with Gasteiger partial charge in [-0.3, -0.25) is 4.79 Å². The van der Waals surface area contributed by atoms with Crippen LogP contribution in [0.2, 0.25) is 0 Å². The van der Waals surface area contributed by atoms with Gasteiger partial charge in [0, 0.05) is 6.04 Å². The molecule has 1 amide bonds. The molecule has 1 radical (unpaired) electrons. The van der Waals surface area contributed by atoms with Gasteiger partial charge in [0.15, 0.2) is 0 Å². The molecule has 1 aromatic carbocycles. The zero-order chi connectivity index (χ0) is 17.9. The summed E-state index contributed by atoms with van der Waals surface area (Å²) in [6, 6.07) is 7.58. The lowest BCUT2D eigenvalue weighted by Crippen LogP contribution is -2.35. The lowest BCUT2D eigenvalue weighted by atomic mass is 9.95. The van der Waals surface area contributed by atoms with Crippen LogP contribution in [0.3, 0.4) is 0 Å². The molecule has 1 saturated carbocycles. The number of halogens is 3. The van der Waals surface area contributed by atoms with Gasteiger partial charge < -0.3 is 10.1 Å². The third kappa shape index (κ3) is 4.98. The fraction of sp³-hybridized carbons (Fsp3) is 0.333. The minimum atomic E-state index is -4.70. The van der Waals surface area contributed by atoms with E-state index in [9.17, 15) is 18.0 Å². The summed E-state index contributed by atoms with van der Waals surface area (Å²) in [5.74, 6) is -0.362. The fourth-order valence-corrected chi connectivity index (χ4v) is 3.60. The number of amides is 1. The molecular weight excluding hydrogens is 351 g/mol. The molecule has 3 rings (SSSR count). The maximum atomic E-state index is 12.3. The van der Waals surface area contributed by atoms with Crippen molar-refractivity contribution in [1.82, 2.24) is 5.32 Å². The van der Waals surface area contributed by atoms with Crippen molar-refractivity contribution in [3.63, 3.8) is 0 Å². The predicted molar refractivity (Wildman–Crippen MR) is 90.5 cm³/mol. The molecule has 0 atom stereocenters. The van der Waals surface area contributed by atoms with Gasteiger partial charge >= 0.3 is 6.36 Å². The van der Waals surface area contributed by atoms with Crippen molar-refractivity contribution in [1.29, 1.82) is 0 Å². The first-order valence-corrected chi connectivity index (χ1v) is 8.86. The first-order chi connectivity index (χ1) is 11.9. The number of benzene rings is 1. The minimum absolute atomic E-state index is 0.0971. The van der Waals surface area contributed by atoms with E-state index < -0.39 is 6.36 Å². The van der Waals surface area contributed by atoms with E-state index in [0.29, 0.717) is 4.88 Å². The van der Waals surface area contributed by atoms with E-state index in [1.165, 1.54) is 23.5 Å². The van der Waals surface area contributed by atoms with Gasteiger partial charge in [0.2, 0.25) is 0 Å².